The second-order valence-electron chi connectivity index (χ2n) is 5.81. The molecule has 3 N–H and O–H groups in total. The Labute approximate surface area is 116 Å². The smallest absolute Gasteiger partial charge is 0.237 e. The molecular formula is C14H28N2OS. The van der Waals surface area contributed by atoms with E-state index >= 15 is 0 Å². The molecule has 0 aliphatic heterocycles. The fourth-order valence-electron chi connectivity index (χ4n) is 2.58. The minimum Gasteiger partial charge on any atom is -0.368 e. The molecule has 1 fully saturated rings. The molecule has 1 aliphatic rings. The zero-order valence-corrected chi connectivity index (χ0v) is 12.8. The molecule has 0 spiro atoms. The van der Waals surface area contributed by atoms with Gasteiger partial charge in [0.1, 0.15) is 0 Å². The summed E-state index contributed by atoms with van der Waals surface area (Å²) >= 11 is 2.08. The summed E-state index contributed by atoms with van der Waals surface area (Å²) in [6.07, 6.45) is 7.40. The van der Waals surface area contributed by atoms with E-state index in [1.165, 1.54) is 25.7 Å². The van der Waals surface area contributed by atoms with Gasteiger partial charge in [0.25, 0.3) is 0 Å². The van der Waals surface area contributed by atoms with Gasteiger partial charge in [-0.1, -0.05) is 19.8 Å². The summed E-state index contributed by atoms with van der Waals surface area (Å²) in [6.45, 7) is 4.25. The van der Waals surface area contributed by atoms with Crippen LogP contribution >= 0.6 is 11.8 Å². The number of hydrogen-bond acceptors (Lipinski definition) is 3. The molecule has 18 heavy (non-hydrogen) atoms. The zero-order chi connectivity index (χ0) is 13.6. The Morgan fingerprint density at radius 1 is 1.50 bits per heavy atom. The van der Waals surface area contributed by atoms with Gasteiger partial charge < -0.3 is 11.1 Å². The molecule has 1 saturated carbocycles. The van der Waals surface area contributed by atoms with Crippen molar-refractivity contribution in [2.75, 3.05) is 12.8 Å². The van der Waals surface area contributed by atoms with E-state index in [9.17, 15) is 4.79 Å². The minimum absolute atomic E-state index is 0.249. The highest BCUT2D eigenvalue weighted by Gasteiger charge is 2.28. The average molecular weight is 272 g/mol. The first kappa shape index (κ1) is 15.8. The molecule has 0 heterocycles. The lowest BCUT2D eigenvalue weighted by atomic mass is 9.91. The number of carbonyl (C=O) groups is 1. The van der Waals surface area contributed by atoms with Crippen molar-refractivity contribution >= 4 is 17.7 Å². The van der Waals surface area contributed by atoms with Crippen molar-refractivity contribution in [3.05, 3.63) is 0 Å². The lowest BCUT2D eigenvalue weighted by molar-refractivity contribution is -0.123. The van der Waals surface area contributed by atoms with E-state index in [1.807, 2.05) is 6.92 Å². The van der Waals surface area contributed by atoms with Gasteiger partial charge in [-0.2, -0.15) is 11.8 Å². The van der Waals surface area contributed by atoms with E-state index in [2.05, 4.69) is 24.0 Å². The van der Waals surface area contributed by atoms with E-state index in [0.717, 1.165) is 29.8 Å². The summed E-state index contributed by atoms with van der Waals surface area (Å²) in [5, 5.41) is 3.88. The van der Waals surface area contributed by atoms with Gasteiger partial charge in [-0.05, 0) is 51.3 Å². The molecule has 0 radical (unpaired) electrons. The average Bonchev–Trinajstić information content (AvgIpc) is 2.34. The van der Waals surface area contributed by atoms with E-state index in [1.54, 1.807) is 7.05 Å². The van der Waals surface area contributed by atoms with Crippen LogP contribution in [-0.2, 0) is 4.79 Å². The fourth-order valence-corrected chi connectivity index (χ4v) is 4.02. The maximum atomic E-state index is 11.3. The van der Waals surface area contributed by atoms with Crippen molar-refractivity contribution < 1.29 is 4.79 Å². The molecule has 0 aromatic carbocycles. The third kappa shape index (κ3) is 4.81. The van der Waals surface area contributed by atoms with Gasteiger partial charge in [-0.15, -0.1) is 0 Å². The molecule has 0 bridgehead atoms. The molecule has 1 rings (SSSR count). The Morgan fingerprint density at radius 2 is 2.22 bits per heavy atom. The highest BCUT2D eigenvalue weighted by atomic mass is 32.2. The number of nitrogens with two attached hydrogens (primary N) is 1. The van der Waals surface area contributed by atoms with Gasteiger partial charge in [0.15, 0.2) is 0 Å². The Morgan fingerprint density at radius 3 is 2.78 bits per heavy atom. The number of hydrogen-bond donors (Lipinski definition) is 2. The third-order valence-corrected chi connectivity index (χ3v) is 5.58. The Balaban J connectivity index is 2.19. The van der Waals surface area contributed by atoms with Crippen LogP contribution in [0.15, 0.2) is 0 Å². The monoisotopic (exact) mass is 272 g/mol. The van der Waals surface area contributed by atoms with Crippen LogP contribution in [0.3, 0.4) is 0 Å². The number of likely N-dealkylation sites (N-methyl/N-ethyl adjacent to an activating group) is 1. The normalized spacial score (nSPS) is 27.7. The quantitative estimate of drug-likeness (QED) is 0.700. The number of thioether (sulfide) groups is 1. The maximum absolute atomic E-state index is 11.3. The van der Waals surface area contributed by atoms with Gasteiger partial charge in [-0.3, -0.25) is 4.79 Å². The summed E-state index contributed by atoms with van der Waals surface area (Å²) in [6, 6.07) is 0. The van der Waals surface area contributed by atoms with E-state index in [0.29, 0.717) is 0 Å². The first-order chi connectivity index (χ1) is 8.48. The van der Waals surface area contributed by atoms with Gasteiger partial charge in [0, 0.05) is 5.25 Å². The molecule has 3 unspecified atom stereocenters. The van der Waals surface area contributed by atoms with E-state index in [-0.39, 0.29) is 5.91 Å². The molecule has 0 aromatic rings. The van der Waals surface area contributed by atoms with Crippen LogP contribution in [0, 0.1) is 5.92 Å². The summed E-state index contributed by atoms with van der Waals surface area (Å²) in [4.78, 5) is 11.3. The lowest BCUT2D eigenvalue weighted by Gasteiger charge is -2.28. The van der Waals surface area contributed by atoms with Crippen LogP contribution in [0.4, 0.5) is 0 Å². The Bertz CT molecular complexity index is 273. The second kappa shape index (κ2) is 7.39. The van der Waals surface area contributed by atoms with Crippen molar-refractivity contribution in [2.24, 2.45) is 11.7 Å². The molecule has 106 valence electrons. The highest BCUT2D eigenvalue weighted by molar-refractivity contribution is 7.99. The van der Waals surface area contributed by atoms with Crippen molar-refractivity contribution in [1.29, 1.82) is 0 Å². The number of nitrogens with one attached hydrogen (secondary N) is 1. The topological polar surface area (TPSA) is 55.1 Å². The molecule has 3 nitrogen and oxygen atoms in total. The van der Waals surface area contributed by atoms with Gasteiger partial charge in [-0.25, -0.2) is 0 Å². The van der Waals surface area contributed by atoms with Crippen LogP contribution < -0.4 is 11.1 Å². The predicted molar refractivity (Wildman–Crippen MR) is 79.8 cm³/mol. The Hall–Kier alpha value is -0.220. The van der Waals surface area contributed by atoms with Crippen molar-refractivity contribution in [2.45, 2.75) is 63.2 Å². The van der Waals surface area contributed by atoms with Crippen molar-refractivity contribution in [3.63, 3.8) is 0 Å². The molecule has 4 heteroatoms. The van der Waals surface area contributed by atoms with Crippen molar-refractivity contribution in [1.82, 2.24) is 5.32 Å². The highest BCUT2D eigenvalue weighted by Crippen LogP contribution is 2.32. The van der Waals surface area contributed by atoms with Gasteiger partial charge in [0.2, 0.25) is 5.91 Å². The molecule has 0 aromatic heterocycles. The molecule has 1 amide bonds. The number of carbonyl (C=O) groups excluding carboxylic acids is 1. The van der Waals surface area contributed by atoms with Crippen LogP contribution in [0.2, 0.25) is 0 Å². The first-order valence-electron chi connectivity index (χ1n) is 7.08. The molecular weight excluding hydrogens is 244 g/mol. The Kier molecular flexibility index (Phi) is 6.50. The van der Waals surface area contributed by atoms with E-state index in [4.69, 9.17) is 5.73 Å². The van der Waals surface area contributed by atoms with Crippen LogP contribution in [0.1, 0.15) is 52.4 Å². The maximum Gasteiger partial charge on any atom is 0.237 e. The number of primary amides is 1. The predicted octanol–water partition coefficient (Wildman–Crippen LogP) is 2.54. The van der Waals surface area contributed by atoms with E-state index < -0.39 is 5.54 Å². The van der Waals surface area contributed by atoms with Gasteiger partial charge >= 0.3 is 0 Å². The van der Waals surface area contributed by atoms with Crippen LogP contribution in [-0.4, -0.2) is 29.5 Å². The second-order valence-corrected chi connectivity index (χ2v) is 7.22. The number of amides is 1. The van der Waals surface area contributed by atoms with Gasteiger partial charge in [0.05, 0.1) is 5.54 Å². The molecule has 0 saturated heterocycles. The van der Waals surface area contributed by atoms with Crippen LogP contribution in [0.25, 0.3) is 0 Å². The SMILES string of the molecule is CNC(C)(CCCSC1CCCC(C)C1)C(N)=O. The molecule has 1 aliphatic carbocycles. The summed E-state index contributed by atoms with van der Waals surface area (Å²) < 4.78 is 0. The zero-order valence-electron chi connectivity index (χ0n) is 12.0. The minimum atomic E-state index is -0.541. The summed E-state index contributed by atoms with van der Waals surface area (Å²) in [5.41, 5.74) is 4.88. The third-order valence-electron chi connectivity index (χ3n) is 4.16. The number of rotatable bonds is 7. The molecule has 3 atom stereocenters. The fraction of sp³-hybridized carbons (Fsp3) is 0.929. The largest absolute Gasteiger partial charge is 0.368 e. The summed E-state index contributed by atoms with van der Waals surface area (Å²) in [7, 11) is 1.81. The van der Waals surface area contributed by atoms with Crippen molar-refractivity contribution in [3.8, 4) is 0 Å². The lowest BCUT2D eigenvalue weighted by Crippen LogP contribution is -2.51. The summed E-state index contributed by atoms with van der Waals surface area (Å²) in [5.74, 6) is 1.79. The standard InChI is InChI=1S/C14H28N2OS/c1-11-6-4-7-12(10-11)18-9-5-8-14(2,16-3)13(15)17/h11-12,16H,4-10H2,1-3H3,(H2,15,17). The van der Waals surface area contributed by atoms with Crippen LogP contribution in [0.5, 0.6) is 0 Å². The first-order valence-corrected chi connectivity index (χ1v) is 8.13.